The van der Waals surface area contributed by atoms with Crippen LogP contribution in [0.2, 0.25) is 0 Å². The van der Waals surface area contributed by atoms with Gasteiger partial charge in [-0.3, -0.25) is 0 Å². The van der Waals surface area contributed by atoms with Gasteiger partial charge < -0.3 is 0 Å². The molecule has 5 aromatic rings. The van der Waals surface area contributed by atoms with Gasteiger partial charge in [-0.05, 0) is 91.3 Å². The molecule has 0 heteroatoms. The first kappa shape index (κ1) is 16.8. The molecule has 0 aromatic heterocycles. The second-order valence-electron chi connectivity index (χ2n) is 7.43. The number of fused-ring (bicyclic) bond motifs is 4. The summed E-state index contributed by atoms with van der Waals surface area (Å²) < 4.78 is 0. The molecule has 0 saturated heterocycles. The van der Waals surface area contributed by atoms with Gasteiger partial charge in [0.15, 0.2) is 0 Å². The van der Waals surface area contributed by atoms with Gasteiger partial charge in [0.1, 0.15) is 0 Å². The van der Waals surface area contributed by atoms with E-state index in [0.717, 1.165) is 12.8 Å². The van der Waals surface area contributed by atoms with Crippen molar-refractivity contribution in [3.8, 4) is 0 Å². The van der Waals surface area contributed by atoms with Crippen LogP contribution in [0.1, 0.15) is 11.1 Å². The Morgan fingerprint density at radius 2 is 0.786 bits per heavy atom. The Morgan fingerprint density at radius 3 is 1.04 bits per heavy atom. The lowest BCUT2D eigenvalue weighted by Crippen LogP contribution is -1.95. The minimum atomic E-state index is 0.859. The first-order chi connectivity index (χ1) is 13.8. The van der Waals surface area contributed by atoms with Crippen LogP contribution in [0, 0.1) is 0 Å². The highest BCUT2D eigenvalue weighted by Crippen LogP contribution is 2.38. The monoisotopic (exact) mass is 358 g/mol. The molecule has 0 nitrogen and oxygen atoms in total. The predicted octanol–water partition coefficient (Wildman–Crippen LogP) is 7.76. The third-order valence-electron chi connectivity index (χ3n) is 5.77. The fourth-order valence-corrected chi connectivity index (χ4v) is 4.50. The average molecular weight is 358 g/mol. The van der Waals surface area contributed by atoms with Crippen molar-refractivity contribution < 1.29 is 0 Å². The van der Waals surface area contributed by atoms with E-state index in [1.54, 1.807) is 0 Å². The minimum Gasteiger partial charge on any atom is -0.103 e. The Hall–Kier alpha value is -3.38. The van der Waals surface area contributed by atoms with Gasteiger partial charge in [-0.15, -0.1) is 13.2 Å². The fraction of sp³-hybridized carbons (Fsp3) is 0.0714. The van der Waals surface area contributed by atoms with E-state index in [2.05, 4.69) is 86.0 Å². The van der Waals surface area contributed by atoms with Crippen molar-refractivity contribution in [3.05, 3.63) is 109 Å². The molecule has 0 atom stereocenters. The van der Waals surface area contributed by atoms with E-state index in [-0.39, 0.29) is 0 Å². The molecule has 0 fully saturated rings. The van der Waals surface area contributed by atoms with E-state index in [0.29, 0.717) is 0 Å². The third kappa shape index (κ3) is 2.53. The van der Waals surface area contributed by atoms with Crippen LogP contribution in [0.5, 0.6) is 0 Å². The van der Waals surface area contributed by atoms with E-state index in [9.17, 15) is 0 Å². The van der Waals surface area contributed by atoms with Gasteiger partial charge in [-0.2, -0.15) is 0 Å². The van der Waals surface area contributed by atoms with E-state index in [1.807, 2.05) is 12.2 Å². The van der Waals surface area contributed by atoms with Crippen LogP contribution in [0.15, 0.2) is 98.1 Å². The van der Waals surface area contributed by atoms with Gasteiger partial charge in [0.2, 0.25) is 0 Å². The van der Waals surface area contributed by atoms with Crippen molar-refractivity contribution in [1.82, 2.24) is 0 Å². The van der Waals surface area contributed by atoms with Crippen molar-refractivity contribution in [2.45, 2.75) is 12.8 Å². The summed E-state index contributed by atoms with van der Waals surface area (Å²) in [5, 5.41) is 10.5. The van der Waals surface area contributed by atoms with E-state index in [4.69, 9.17) is 0 Å². The Bertz CT molecular complexity index is 1180. The molecule has 5 rings (SSSR count). The van der Waals surface area contributed by atoms with Crippen LogP contribution in [0.3, 0.4) is 0 Å². The summed E-state index contributed by atoms with van der Waals surface area (Å²) >= 11 is 0. The maximum absolute atomic E-state index is 4.04. The number of hydrogen-bond acceptors (Lipinski definition) is 0. The predicted molar refractivity (Wildman–Crippen MR) is 124 cm³/mol. The highest BCUT2D eigenvalue weighted by atomic mass is 14.2. The van der Waals surface area contributed by atoms with Crippen molar-refractivity contribution in [2.24, 2.45) is 0 Å². The zero-order chi connectivity index (χ0) is 19.1. The molecule has 0 aliphatic heterocycles. The van der Waals surface area contributed by atoms with Gasteiger partial charge in [-0.25, -0.2) is 0 Å². The lowest BCUT2D eigenvalue weighted by molar-refractivity contribution is 1.31. The number of benzene rings is 5. The zero-order valence-corrected chi connectivity index (χ0v) is 15.9. The molecular formula is C28H22. The Labute approximate surface area is 165 Å². The van der Waals surface area contributed by atoms with Crippen molar-refractivity contribution >= 4 is 43.1 Å². The first-order valence-corrected chi connectivity index (χ1v) is 9.80. The van der Waals surface area contributed by atoms with Gasteiger partial charge in [0, 0.05) is 0 Å². The summed E-state index contributed by atoms with van der Waals surface area (Å²) in [7, 11) is 0. The lowest BCUT2D eigenvalue weighted by atomic mass is 9.86. The van der Waals surface area contributed by atoms with Crippen LogP contribution in [0.4, 0.5) is 0 Å². The maximum Gasteiger partial charge on any atom is -0.00878 e. The highest BCUT2D eigenvalue weighted by molar-refractivity contribution is 6.13. The Balaban J connectivity index is 2.05. The highest BCUT2D eigenvalue weighted by Gasteiger charge is 2.14. The van der Waals surface area contributed by atoms with Gasteiger partial charge in [0.05, 0.1) is 0 Å². The molecule has 0 aliphatic carbocycles. The summed E-state index contributed by atoms with van der Waals surface area (Å²) in [5.74, 6) is 0. The molecule has 134 valence electrons. The molecule has 0 bridgehead atoms. The molecule has 0 N–H and O–H groups in total. The van der Waals surface area contributed by atoms with E-state index in [1.165, 1.54) is 54.2 Å². The van der Waals surface area contributed by atoms with Crippen LogP contribution in [-0.2, 0) is 12.8 Å². The largest absolute Gasteiger partial charge is 0.103 e. The smallest absolute Gasteiger partial charge is 0.00878 e. The molecule has 0 aliphatic rings. The summed E-state index contributed by atoms with van der Waals surface area (Å²) in [4.78, 5) is 0. The number of rotatable bonds is 4. The molecule has 0 heterocycles. The molecule has 5 aromatic carbocycles. The molecule has 0 unspecified atom stereocenters. The Kier molecular flexibility index (Phi) is 3.98. The summed E-state index contributed by atoms with van der Waals surface area (Å²) in [6.07, 6.45) is 5.76. The van der Waals surface area contributed by atoms with Crippen molar-refractivity contribution in [3.63, 3.8) is 0 Å². The van der Waals surface area contributed by atoms with Gasteiger partial charge in [0.25, 0.3) is 0 Å². The van der Waals surface area contributed by atoms with E-state index >= 15 is 0 Å². The fourth-order valence-electron chi connectivity index (χ4n) is 4.50. The summed E-state index contributed by atoms with van der Waals surface area (Å²) in [6, 6.07) is 26.6. The van der Waals surface area contributed by atoms with Crippen LogP contribution >= 0.6 is 0 Å². The average Bonchev–Trinajstić information content (AvgIpc) is 2.74. The zero-order valence-electron chi connectivity index (χ0n) is 15.9. The molecule has 28 heavy (non-hydrogen) atoms. The van der Waals surface area contributed by atoms with Crippen molar-refractivity contribution in [2.75, 3.05) is 0 Å². The number of hydrogen-bond donors (Lipinski definition) is 0. The second kappa shape index (κ2) is 6.65. The normalized spacial score (nSPS) is 11.4. The number of allylic oxidation sites excluding steroid dienone is 2. The Morgan fingerprint density at radius 1 is 0.500 bits per heavy atom. The molecule has 0 radical (unpaired) electrons. The van der Waals surface area contributed by atoms with Crippen molar-refractivity contribution in [1.29, 1.82) is 0 Å². The van der Waals surface area contributed by atoms with Crippen LogP contribution < -0.4 is 0 Å². The van der Waals surface area contributed by atoms with Gasteiger partial charge >= 0.3 is 0 Å². The summed E-state index contributed by atoms with van der Waals surface area (Å²) in [5.41, 5.74) is 2.73. The lowest BCUT2D eigenvalue weighted by Gasteiger charge is -2.17. The molecule has 0 amide bonds. The van der Waals surface area contributed by atoms with Gasteiger partial charge in [-0.1, -0.05) is 60.7 Å². The topological polar surface area (TPSA) is 0 Å². The second-order valence-corrected chi connectivity index (χ2v) is 7.43. The quantitative estimate of drug-likeness (QED) is 0.227. The summed E-state index contributed by atoms with van der Waals surface area (Å²) in [6.45, 7) is 8.07. The minimum absolute atomic E-state index is 0.859. The van der Waals surface area contributed by atoms with Crippen LogP contribution in [0.25, 0.3) is 43.1 Å². The molecular weight excluding hydrogens is 336 g/mol. The maximum atomic E-state index is 4.04. The van der Waals surface area contributed by atoms with E-state index < -0.39 is 0 Å². The van der Waals surface area contributed by atoms with Crippen LogP contribution in [-0.4, -0.2) is 0 Å². The first-order valence-electron chi connectivity index (χ1n) is 9.80. The standard InChI is InChI=1S/C28H22/c1-3-9-23-25-15-19-11-5-7-13-21(19)17-27(25)24(10-4-2)28-18-22-14-8-6-12-20(22)16-26(23)28/h3-8,11-18H,1-2,9-10H2. The molecule has 0 spiro atoms. The molecule has 0 saturated carbocycles. The third-order valence-corrected chi connectivity index (χ3v) is 5.77. The SMILES string of the molecule is C=CCc1c2cc3ccccc3cc2c(CC=C)c2cc3ccccc3cc12.